The number of nitrogens with two attached hydrogens (primary N) is 1. The Morgan fingerprint density at radius 2 is 2.10 bits per heavy atom. The number of rotatable bonds is 3. The molecule has 21 heavy (non-hydrogen) atoms. The SMILES string of the molecule is Cc1ccc(-c2nn(Cc3n[nH]c(=S)o3)c(=O)n2N)cc1. The molecule has 0 amide bonds. The molecule has 3 aromatic rings. The molecule has 9 heteroatoms. The summed E-state index contributed by atoms with van der Waals surface area (Å²) in [5, 5.41) is 10.5. The molecule has 0 aliphatic rings. The molecule has 0 saturated carbocycles. The van der Waals surface area contributed by atoms with Crippen LogP contribution in [0, 0.1) is 11.8 Å². The van der Waals surface area contributed by atoms with Crippen LogP contribution >= 0.6 is 12.2 Å². The second-order valence-corrected chi connectivity index (χ2v) is 4.88. The van der Waals surface area contributed by atoms with Crippen molar-refractivity contribution in [3.63, 3.8) is 0 Å². The van der Waals surface area contributed by atoms with E-state index in [-0.39, 0.29) is 17.3 Å². The highest BCUT2D eigenvalue weighted by Crippen LogP contribution is 2.15. The highest BCUT2D eigenvalue weighted by atomic mass is 32.1. The summed E-state index contributed by atoms with van der Waals surface area (Å²) in [5.41, 5.74) is 1.40. The number of hydrogen-bond donors (Lipinski definition) is 2. The predicted molar refractivity (Wildman–Crippen MR) is 77.6 cm³/mol. The van der Waals surface area contributed by atoms with Gasteiger partial charge in [0, 0.05) is 5.56 Å². The van der Waals surface area contributed by atoms with Crippen LogP contribution in [0.5, 0.6) is 0 Å². The van der Waals surface area contributed by atoms with E-state index in [1.54, 1.807) is 0 Å². The Morgan fingerprint density at radius 1 is 1.38 bits per heavy atom. The van der Waals surface area contributed by atoms with Gasteiger partial charge in [0.1, 0.15) is 6.54 Å². The van der Waals surface area contributed by atoms with E-state index in [0.717, 1.165) is 15.8 Å². The first kappa shape index (κ1) is 13.3. The molecule has 1 aromatic carbocycles. The molecule has 0 aliphatic carbocycles. The molecule has 0 aliphatic heterocycles. The third-order valence-corrected chi connectivity index (χ3v) is 3.12. The first-order valence-electron chi connectivity index (χ1n) is 6.11. The molecule has 0 radical (unpaired) electrons. The van der Waals surface area contributed by atoms with E-state index in [4.69, 9.17) is 22.5 Å². The van der Waals surface area contributed by atoms with Crippen molar-refractivity contribution in [2.24, 2.45) is 0 Å². The van der Waals surface area contributed by atoms with Gasteiger partial charge in [0.05, 0.1) is 0 Å². The summed E-state index contributed by atoms with van der Waals surface area (Å²) in [4.78, 5) is 12.2. The maximum Gasteiger partial charge on any atom is 0.365 e. The van der Waals surface area contributed by atoms with E-state index in [1.807, 2.05) is 31.2 Å². The standard InChI is InChI=1S/C12H12N6O2S/c1-7-2-4-8(5-3-7)10-16-17(12(19)18(10)13)6-9-14-15-11(21)20-9/h2-5H,6,13H2,1H3,(H,15,21). The molecule has 3 N–H and O–H groups in total. The minimum Gasteiger partial charge on any atom is -0.412 e. The van der Waals surface area contributed by atoms with Crippen molar-refractivity contribution >= 4 is 12.2 Å². The van der Waals surface area contributed by atoms with Crippen LogP contribution in [0.3, 0.4) is 0 Å². The highest BCUT2D eigenvalue weighted by Gasteiger charge is 2.14. The number of nitrogens with one attached hydrogen (secondary N) is 1. The highest BCUT2D eigenvalue weighted by molar-refractivity contribution is 7.71. The van der Waals surface area contributed by atoms with Crippen molar-refractivity contribution in [3.05, 3.63) is 51.0 Å². The van der Waals surface area contributed by atoms with E-state index in [9.17, 15) is 4.79 Å². The molecule has 2 heterocycles. The molecule has 0 spiro atoms. The van der Waals surface area contributed by atoms with E-state index >= 15 is 0 Å². The molecule has 0 fully saturated rings. The fourth-order valence-electron chi connectivity index (χ4n) is 1.88. The van der Waals surface area contributed by atoms with Crippen molar-refractivity contribution in [1.29, 1.82) is 0 Å². The van der Waals surface area contributed by atoms with Crippen LogP contribution < -0.4 is 11.5 Å². The molecular formula is C12H12N6O2S. The molecule has 0 atom stereocenters. The first-order valence-corrected chi connectivity index (χ1v) is 6.52. The van der Waals surface area contributed by atoms with Gasteiger partial charge in [-0.3, -0.25) is 0 Å². The van der Waals surface area contributed by atoms with Crippen LogP contribution in [-0.4, -0.2) is 24.7 Å². The molecule has 0 saturated heterocycles. The topological polar surface area (TPSA) is 108 Å². The second-order valence-electron chi connectivity index (χ2n) is 4.51. The number of aromatic amines is 1. The van der Waals surface area contributed by atoms with Crippen molar-refractivity contribution in [3.8, 4) is 11.4 Å². The lowest BCUT2D eigenvalue weighted by atomic mass is 10.1. The van der Waals surface area contributed by atoms with E-state index in [1.165, 1.54) is 4.68 Å². The van der Waals surface area contributed by atoms with Crippen molar-refractivity contribution in [2.75, 3.05) is 5.84 Å². The molecule has 108 valence electrons. The van der Waals surface area contributed by atoms with Gasteiger partial charge >= 0.3 is 5.69 Å². The lowest BCUT2D eigenvalue weighted by Gasteiger charge is -1.99. The summed E-state index contributed by atoms with van der Waals surface area (Å²) in [6, 6.07) is 7.55. The lowest BCUT2D eigenvalue weighted by Crippen LogP contribution is -2.30. The Labute approximate surface area is 123 Å². The molecule has 2 aromatic heterocycles. The predicted octanol–water partition coefficient (Wildman–Crippen LogP) is 0.828. The van der Waals surface area contributed by atoms with Crippen LogP contribution in [0.2, 0.25) is 0 Å². The molecular weight excluding hydrogens is 292 g/mol. The number of aryl methyl sites for hydroxylation is 1. The van der Waals surface area contributed by atoms with Crippen molar-refractivity contribution in [2.45, 2.75) is 13.5 Å². The quantitative estimate of drug-likeness (QED) is 0.548. The minimum atomic E-state index is -0.463. The number of hydrogen-bond acceptors (Lipinski definition) is 6. The van der Waals surface area contributed by atoms with Gasteiger partial charge < -0.3 is 10.3 Å². The summed E-state index contributed by atoms with van der Waals surface area (Å²) in [5.74, 6) is 6.40. The summed E-state index contributed by atoms with van der Waals surface area (Å²) in [6.07, 6.45) is 0. The zero-order valence-corrected chi connectivity index (χ0v) is 11.9. The van der Waals surface area contributed by atoms with Crippen LogP contribution in [0.25, 0.3) is 11.4 Å². The van der Waals surface area contributed by atoms with Crippen molar-refractivity contribution in [1.82, 2.24) is 24.7 Å². The Bertz CT molecular complexity index is 886. The fraction of sp³-hybridized carbons (Fsp3) is 0.167. The van der Waals surface area contributed by atoms with Gasteiger partial charge in [0.15, 0.2) is 5.82 Å². The summed E-state index contributed by atoms with van der Waals surface area (Å²) >= 11 is 4.78. The lowest BCUT2D eigenvalue weighted by molar-refractivity contribution is 0.449. The normalized spacial score (nSPS) is 10.9. The van der Waals surface area contributed by atoms with Gasteiger partial charge in [-0.05, 0) is 19.1 Å². The summed E-state index contributed by atoms with van der Waals surface area (Å²) in [6.45, 7) is 2.03. The zero-order valence-electron chi connectivity index (χ0n) is 11.1. The Kier molecular flexibility index (Phi) is 3.18. The third-order valence-electron chi connectivity index (χ3n) is 2.95. The van der Waals surface area contributed by atoms with Crippen LogP contribution in [-0.2, 0) is 6.54 Å². The third kappa shape index (κ3) is 2.50. The van der Waals surface area contributed by atoms with Gasteiger partial charge in [-0.1, -0.05) is 29.8 Å². The van der Waals surface area contributed by atoms with Gasteiger partial charge in [0.25, 0.3) is 4.84 Å². The fourth-order valence-corrected chi connectivity index (χ4v) is 2.02. The Morgan fingerprint density at radius 3 is 2.71 bits per heavy atom. The molecule has 0 bridgehead atoms. The van der Waals surface area contributed by atoms with Crippen LogP contribution in [0.15, 0.2) is 33.5 Å². The summed E-state index contributed by atoms with van der Waals surface area (Å²) < 4.78 is 7.27. The van der Waals surface area contributed by atoms with E-state index in [2.05, 4.69) is 15.3 Å². The molecule has 0 unspecified atom stereocenters. The van der Waals surface area contributed by atoms with E-state index < -0.39 is 5.69 Å². The largest absolute Gasteiger partial charge is 0.412 e. The van der Waals surface area contributed by atoms with Gasteiger partial charge in [-0.2, -0.15) is 4.68 Å². The van der Waals surface area contributed by atoms with E-state index in [0.29, 0.717) is 5.82 Å². The van der Waals surface area contributed by atoms with Crippen LogP contribution in [0.4, 0.5) is 0 Å². The average molecular weight is 304 g/mol. The second kappa shape index (κ2) is 5.02. The maximum absolute atomic E-state index is 12.1. The number of aromatic nitrogens is 5. The zero-order chi connectivity index (χ0) is 15.0. The number of H-pyrrole nitrogens is 1. The monoisotopic (exact) mass is 304 g/mol. The minimum absolute atomic E-state index is 0.0506. The van der Waals surface area contributed by atoms with Crippen LogP contribution in [0.1, 0.15) is 11.5 Å². The molecule has 3 rings (SSSR count). The number of benzene rings is 1. The van der Waals surface area contributed by atoms with Gasteiger partial charge in [0.2, 0.25) is 5.89 Å². The number of nitrogens with zero attached hydrogens (tertiary/aromatic N) is 4. The summed E-state index contributed by atoms with van der Waals surface area (Å²) in [7, 11) is 0. The van der Waals surface area contributed by atoms with Gasteiger partial charge in [-0.15, -0.1) is 10.2 Å². The smallest absolute Gasteiger partial charge is 0.365 e. The first-order chi connectivity index (χ1) is 10.0. The Balaban J connectivity index is 2.01. The maximum atomic E-state index is 12.1. The number of nitrogen functional groups attached to an aromatic ring is 1. The van der Waals surface area contributed by atoms with Gasteiger partial charge in [-0.25, -0.2) is 14.6 Å². The van der Waals surface area contributed by atoms with Crippen molar-refractivity contribution < 1.29 is 4.42 Å². The Hall–Kier alpha value is -2.68. The molecule has 8 nitrogen and oxygen atoms in total. The average Bonchev–Trinajstić information content (AvgIpc) is 2.99.